The third-order valence-electron chi connectivity index (χ3n) is 5.53. The minimum atomic E-state index is -0.924. The van der Waals surface area contributed by atoms with Crippen molar-refractivity contribution in [2.45, 2.75) is 31.6 Å². The monoisotopic (exact) mass is 374 g/mol. The highest BCUT2D eigenvalue weighted by Gasteiger charge is 2.41. The number of nitrogens with zero attached hydrogens (tertiary/aromatic N) is 2. The molecule has 0 unspecified atom stereocenters. The van der Waals surface area contributed by atoms with Crippen molar-refractivity contribution >= 4 is 17.8 Å². The Labute approximate surface area is 158 Å². The summed E-state index contributed by atoms with van der Waals surface area (Å²) in [4.78, 5) is 39.9. The molecule has 0 bridgehead atoms. The molecule has 2 aliphatic heterocycles. The molecule has 0 aliphatic carbocycles. The van der Waals surface area contributed by atoms with E-state index in [1.807, 2.05) is 18.2 Å². The number of benzene rings is 1. The smallest absolute Gasteiger partial charge is 0.308 e. The van der Waals surface area contributed by atoms with Crippen molar-refractivity contribution in [3.05, 3.63) is 29.8 Å². The van der Waals surface area contributed by atoms with Crippen LogP contribution in [0.1, 0.15) is 37.2 Å². The van der Waals surface area contributed by atoms with Gasteiger partial charge in [0.1, 0.15) is 5.75 Å². The van der Waals surface area contributed by atoms with Crippen LogP contribution in [0.25, 0.3) is 0 Å². The Morgan fingerprint density at radius 2 is 1.96 bits per heavy atom. The van der Waals surface area contributed by atoms with Crippen LogP contribution in [-0.4, -0.2) is 66.0 Å². The van der Waals surface area contributed by atoms with Crippen LogP contribution in [0.4, 0.5) is 0 Å². The van der Waals surface area contributed by atoms with Gasteiger partial charge in [-0.3, -0.25) is 14.4 Å². The lowest BCUT2D eigenvalue weighted by Gasteiger charge is -2.24. The van der Waals surface area contributed by atoms with Gasteiger partial charge in [0.2, 0.25) is 11.8 Å². The maximum atomic E-state index is 12.8. The minimum Gasteiger partial charge on any atom is -0.496 e. The lowest BCUT2D eigenvalue weighted by molar-refractivity contribution is -0.143. The van der Waals surface area contributed by atoms with Crippen LogP contribution in [0, 0.1) is 5.92 Å². The van der Waals surface area contributed by atoms with Crippen LogP contribution in [-0.2, 0) is 14.4 Å². The molecule has 1 aromatic rings. The summed E-state index contributed by atoms with van der Waals surface area (Å²) in [5.74, 6) is -1.49. The van der Waals surface area contributed by atoms with Crippen molar-refractivity contribution in [2.75, 3.05) is 33.3 Å². The molecular weight excluding hydrogens is 348 g/mol. The van der Waals surface area contributed by atoms with E-state index < -0.39 is 11.9 Å². The molecular formula is C20H26N2O5. The summed E-state index contributed by atoms with van der Waals surface area (Å²) < 4.78 is 5.38. The van der Waals surface area contributed by atoms with Crippen molar-refractivity contribution in [3.8, 4) is 5.75 Å². The normalized spacial score (nSPS) is 23.2. The highest BCUT2D eigenvalue weighted by molar-refractivity contribution is 5.86. The minimum absolute atomic E-state index is 0.0103. The number of ether oxygens (including phenoxy) is 1. The fraction of sp³-hybridized carbons (Fsp3) is 0.550. The Kier molecular flexibility index (Phi) is 5.98. The van der Waals surface area contributed by atoms with Gasteiger partial charge in [-0.25, -0.2) is 0 Å². The number of carbonyl (C=O) groups excluding carboxylic acids is 2. The fourth-order valence-corrected chi connectivity index (χ4v) is 4.01. The molecule has 2 amide bonds. The third kappa shape index (κ3) is 4.23. The molecule has 146 valence electrons. The number of carboxylic acid groups (broad SMARTS) is 1. The van der Waals surface area contributed by atoms with Gasteiger partial charge in [-0.05, 0) is 24.5 Å². The predicted molar refractivity (Wildman–Crippen MR) is 98.5 cm³/mol. The average molecular weight is 374 g/mol. The first-order chi connectivity index (χ1) is 13.0. The van der Waals surface area contributed by atoms with Crippen LogP contribution >= 0.6 is 0 Å². The van der Waals surface area contributed by atoms with Crippen LogP contribution in [0.2, 0.25) is 0 Å². The summed E-state index contributed by atoms with van der Waals surface area (Å²) in [6.07, 6.45) is 3.25. The maximum absolute atomic E-state index is 12.8. The highest BCUT2D eigenvalue weighted by Crippen LogP contribution is 2.37. The van der Waals surface area contributed by atoms with Crippen LogP contribution in [0.5, 0.6) is 5.75 Å². The molecule has 2 atom stereocenters. The number of methoxy groups -OCH3 is 1. The van der Waals surface area contributed by atoms with Crippen LogP contribution in [0.3, 0.4) is 0 Å². The summed E-state index contributed by atoms with van der Waals surface area (Å²) in [5, 5.41) is 9.67. The van der Waals surface area contributed by atoms with Crippen LogP contribution in [0.15, 0.2) is 24.3 Å². The largest absolute Gasteiger partial charge is 0.496 e. The summed E-state index contributed by atoms with van der Waals surface area (Å²) in [5.41, 5.74) is 0.800. The van der Waals surface area contributed by atoms with E-state index in [9.17, 15) is 19.5 Å². The number of rotatable bonds is 5. The summed E-state index contributed by atoms with van der Waals surface area (Å²) in [6, 6.07) is 7.33. The van der Waals surface area contributed by atoms with Crippen molar-refractivity contribution < 1.29 is 24.2 Å². The zero-order valence-electron chi connectivity index (χ0n) is 15.6. The zero-order chi connectivity index (χ0) is 19.4. The molecule has 7 nitrogen and oxygen atoms in total. The third-order valence-corrected chi connectivity index (χ3v) is 5.53. The van der Waals surface area contributed by atoms with E-state index in [-0.39, 0.29) is 30.8 Å². The molecule has 0 radical (unpaired) electrons. The SMILES string of the molecule is COc1ccccc1[C@@H]1CN(C(=O)CN2CCCCCC2=O)C[C@H]1C(=O)O. The number of likely N-dealkylation sites (tertiary alicyclic amines) is 2. The molecule has 2 heterocycles. The van der Waals surface area contributed by atoms with Gasteiger partial charge in [0, 0.05) is 32.0 Å². The predicted octanol–water partition coefficient (Wildman–Crippen LogP) is 1.72. The number of carboxylic acids is 1. The van der Waals surface area contributed by atoms with Crippen molar-refractivity contribution in [1.82, 2.24) is 9.80 Å². The summed E-state index contributed by atoms with van der Waals surface area (Å²) in [7, 11) is 1.55. The Balaban J connectivity index is 1.75. The molecule has 7 heteroatoms. The second-order valence-corrected chi connectivity index (χ2v) is 7.22. The first-order valence-corrected chi connectivity index (χ1v) is 9.42. The number of hydrogen-bond donors (Lipinski definition) is 1. The Hall–Kier alpha value is -2.57. The van der Waals surface area contributed by atoms with E-state index in [1.165, 1.54) is 0 Å². The van der Waals surface area contributed by atoms with Crippen molar-refractivity contribution in [3.63, 3.8) is 0 Å². The Morgan fingerprint density at radius 1 is 1.19 bits per heavy atom. The Morgan fingerprint density at radius 3 is 2.70 bits per heavy atom. The average Bonchev–Trinajstić information content (AvgIpc) is 3.02. The number of carbonyl (C=O) groups is 3. The highest BCUT2D eigenvalue weighted by atomic mass is 16.5. The molecule has 2 saturated heterocycles. The van der Waals surface area contributed by atoms with Gasteiger partial charge in [0.25, 0.3) is 0 Å². The van der Waals surface area contributed by atoms with Crippen LogP contribution < -0.4 is 4.74 Å². The molecule has 2 aliphatic rings. The standard InChI is InChI=1S/C20H26N2O5/c1-27-17-8-5-4-7-14(17)15-11-22(12-16(15)20(25)26)19(24)13-21-10-6-2-3-9-18(21)23/h4-5,7-8,15-16H,2-3,6,9-13H2,1H3,(H,25,26)/t15-,16+/m0/s1. The number of aliphatic carboxylic acids is 1. The summed E-state index contributed by atoms with van der Waals surface area (Å²) in [6.45, 7) is 1.09. The Bertz CT molecular complexity index is 720. The number of para-hydroxylation sites is 1. The lowest BCUT2D eigenvalue weighted by Crippen LogP contribution is -2.42. The molecule has 0 spiro atoms. The van der Waals surface area contributed by atoms with Gasteiger partial charge in [0.05, 0.1) is 19.6 Å². The quantitative estimate of drug-likeness (QED) is 0.848. The molecule has 1 aromatic carbocycles. The fourth-order valence-electron chi connectivity index (χ4n) is 4.01. The van der Waals surface area contributed by atoms with Crippen molar-refractivity contribution in [1.29, 1.82) is 0 Å². The van der Waals surface area contributed by atoms with E-state index in [2.05, 4.69) is 0 Å². The molecule has 2 fully saturated rings. The van der Waals surface area contributed by atoms with Gasteiger partial charge in [-0.2, -0.15) is 0 Å². The molecule has 1 N–H and O–H groups in total. The second kappa shape index (κ2) is 8.41. The maximum Gasteiger partial charge on any atom is 0.308 e. The van der Waals surface area contributed by atoms with Gasteiger partial charge in [-0.1, -0.05) is 24.6 Å². The van der Waals surface area contributed by atoms with Gasteiger partial charge >= 0.3 is 5.97 Å². The molecule has 27 heavy (non-hydrogen) atoms. The van der Waals surface area contributed by atoms with Gasteiger partial charge in [0.15, 0.2) is 0 Å². The first kappa shape index (κ1) is 19.2. The summed E-state index contributed by atoms with van der Waals surface area (Å²) >= 11 is 0. The van der Waals surface area contributed by atoms with Crippen molar-refractivity contribution in [2.24, 2.45) is 5.92 Å². The van der Waals surface area contributed by atoms with E-state index in [4.69, 9.17) is 4.74 Å². The first-order valence-electron chi connectivity index (χ1n) is 9.42. The topological polar surface area (TPSA) is 87.2 Å². The van der Waals surface area contributed by atoms with E-state index >= 15 is 0 Å². The van der Waals surface area contributed by atoms with E-state index in [0.717, 1.165) is 24.8 Å². The molecule has 0 saturated carbocycles. The zero-order valence-corrected chi connectivity index (χ0v) is 15.6. The molecule has 0 aromatic heterocycles. The van der Waals surface area contributed by atoms with E-state index in [1.54, 1.807) is 23.0 Å². The lowest BCUT2D eigenvalue weighted by atomic mass is 9.88. The molecule has 3 rings (SSSR count). The number of amides is 2. The number of hydrogen-bond acceptors (Lipinski definition) is 4. The second-order valence-electron chi connectivity index (χ2n) is 7.22. The van der Waals surface area contributed by atoms with Gasteiger partial charge in [-0.15, -0.1) is 0 Å². The van der Waals surface area contributed by atoms with Gasteiger partial charge < -0.3 is 19.6 Å². The van der Waals surface area contributed by atoms with E-state index in [0.29, 0.717) is 25.3 Å².